The van der Waals surface area contributed by atoms with Crippen LogP contribution in [0.3, 0.4) is 0 Å². The Labute approximate surface area is 205 Å². The summed E-state index contributed by atoms with van der Waals surface area (Å²) < 4.78 is 5.50. The molecule has 2 fully saturated rings. The lowest BCUT2D eigenvalue weighted by Crippen LogP contribution is -2.36. The molecule has 0 saturated carbocycles. The van der Waals surface area contributed by atoms with Gasteiger partial charge in [0.05, 0.1) is 31.1 Å². The van der Waals surface area contributed by atoms with Crippen molar-refractivity contribution in [2.45, 2.75) is 31.2 Å². The van der Waals surface area contributed by atoms with E-state index in [1.54, 1.807) is 0 Å². The van der Waals surface area contributed by atoms with Gasteiger partial charge in [0.2, 0.25) is 5.82 Å². The van der Waals surface area contributed by atoms with Gasteiger partial charge >= 0.3 is 0 Å². The van der Waals surface area contributed by atoms with Gasteiger partial charge in [0, 0.05) is 55.1 Å². The van der Waals surface area contributed by atoms with Gasteiger partial charge in [-0.25, -0.2) is 15.0 Å². The quantitative estimate of drug-likeness (QED) is 0.626. The van der Waals surface area contributed by atoms with Crippen molar-refractivity contribution in [3.8, 4) is 0 Å². The highest BCUT2D eigenvalue weighted by atomic mass is 16.5. The smallest absolute Gasteiger partial charge is 0.292 e. The molecule has 3 aliphatic heterocycles. The van der Waals surface area contributed by atoms with Crippen LogP contribution < -0.4 is 10.2 Å². The average Bonchev–Trinajstić information content (AvgIpc) is 3.55. The molecule has 1 amide bonds. The highest BCUT2D eigenvalue weighted by molar-refractivity contribution is 5.91. The highest BCUT2D eigenvalue weighted by Crippen LogP contribution is 2.42. The summed E-state index contributed by atoms with van der Waals surface area (Å²) in [6.45, 7) is 6.82. The maximum absolute atomic E-state index is 13.3. The summed E-state index contributed by atoms with van der Waals surface area (Å²) >= 11 is 0. The zero-order valence-electron chi connectivity index (χ0n) is 20.0. The van der Waals surface area contributed by atoms with E-state index in [-0.39, 0.29) is 23.2 Å². The number of rotatable bonds is 4. The number of carbonyl (C=O) groups is 1. The standard InChI is InChI=1S/C27H30N6O2/c1-27(18-31-24-22(27)14-21(17-30-24)32-10-12-35-13-11-32)20-15-28-25(29-16-20)26(34)33-9-5-8-23(33)19-6-3-2-4-7-19/h2-4,6-7,14-17,23H,5,8-13,18H2,1H3,(H,30,31)/t23-,27?/m1/s1. The lowest BCUT2D eigenvalue weighted by molar-refractivity contribution is 0.0723. The molecule has 8 heteroatoms. The van der Waals surface area contributed by atoms with Gasteiger partial charge in [-0.15, -0.1) is 0 Å². The van der Waals surface area contributed by atoms with Crippen molar-refractivity contribution in [1.29, 1.82) is 0 Å². The minimum absolute atomic E-state index is 0.0834. The third kappa shape index (κ3) is 3.91. The Hall–Kier alpha value is -3.52. The van der Waals surface area contributed by atoms with E-state index in [9.17, 15) is 4.79 Å². The van der Waals surface area contributed by atoms with Gasteiger partial charge in [0.25, 0.3) is 5.91 Å². The first-order valence-corrected chi connectivity index (χ1v) is 12.4. The van der Waals surface area contributed by atoms with E-state index < -0.39 is 0 Å². The van der Waals surface area contributed by atoms with Gasteiger partial charge in [0.1, 0.15) is 5.82 Å². The number of hydrogen-bond donors (Lipinski definition) is 1. The number of pyridine rings is 1. The fraction of sp³-hybridized carbons (Fsp3) is 0.407. The van der Waals surface area contributed by atoms with E-state index in [0.717, 1.165) is 68.3 Å². The molecular formula is C27H30N6O2. The van der Waals surface area contributed by atoms with Crippen molar-refractivity contribution in [2.75, 3.05) is 49.6 Å². The molecule has 35 heavy (non-hydrogen) atoms. The summed E-state index contributed by atoms with van der Waals surface area (Å²) in [5, 5.41) is 3.44. The number of nitrogens with zero attached hydrogens (tertiary/aromatic N) is 5. The predicted molar refractivity (Wildman–Crippen MR) is 134 cm³/mol. The maximum atomic E-state index is 13.3. The SMILES string of the molecule is CC1(c2cnc(C(=O)N3CCC[C@@H]3c3ccccc3)nc2)CNc2ncc(N3CCOCC3)cc21. The van der Waals surface area contributed by atoms with Crippen LogP contribution in [0, 0.1) is 0 Å². The number of fused-ring (bicyclic) bond motifs is 1. The summed E-state index contributed by atoms with van der Waals surface area (Å²) in [4.78, 5) is 31.3. The number of benzene rings is 1. The monoisotopic (exact) mass is 470 g/mol. The second-order valence-corrected chi connectivity index (χ2v) is 9.74. The number of aromatic nitrogens is 3. The summed E-state index contributed by atoms with van der Waals surface area (Å²) in [6.07, 6.45) is 7.51. The third-order valence-corrected chi connectivity index (χ3v) is 7.63. The summed E-state index contributed by atoms with van der Waals surface area (Å²) in [5.41, 5.74) is 4.05. The summed E-state index contributed by atoms with van der Waals surface area (Å²) in [5.74, 6) is 1.05. The molecule has 1 aromatic carbocycles. The molecule has 3 aromatic rings. The number of carbonyl (C=O) groups excluding carboxylic acids is 1. The van der Waals surface area contributed by atoms with Crippen LogP contribution in [-0.2, 0) is 10.2 Å². The average molecular weight is 471 g/mol. The van der Waals surface area contributed by atoms with E-state index in [2.05, 4.69) is 45.3 Å². The number of likely N-dealkylation sites (tertiary alicyclic amines) is 1. The summed E-state index contributed by atoms with van der Waals surface area (Å²) in [6, 6.07) is 12.5. The minimum atomic E-state index is -0.327. The second-order valence-electron chi connectivity index (χ2n) is 9.74. The van der Waals surface area contributed by atoms with Gasteiger partial charge in [-0.1, -0.05) is 30.3 Å². The maximum Gasteiger partial charge on any atom is 0.292 e. The Morgan fingerprint density at radius 1 is 1.06 bits per heavy atom. The Morgan fingerprint density at radius 2 is 1.83 bits per heavy atom. The molecule has 180 valence electrons. The van der Waals surface area contributed by atoms with Crippen molar-refractivity contribution >= 4 is 17.4 Å². The van der Waals surface area contributed by atoms with Crippen LogP contribution in [-0.4, -0.2) is 65.2 Å². The minimum Gasteiger partial charge on any atom is -0.378 e. The van der Waals surface area contributed by atoms with Crippen molar-refractivity contribution in [3.05, 3.63) is 77.5 Å². The molecule has 0 radical (unpaired) electrons. The third-order valence-electron chi connectivity index (χ3n) is 7.63. The van der Waals surface area contributed by atoms with Crippen molar-refractivity contribution in [3.63, 3.8) is 0 Å². The molecule has 3 aliphatic rings. The molecular weight excluding hydrogens is 440 g/mol. The van der Waals surface area contributed by atoms with Crippen LogP contribution in [0.2, 0.25) is 0 Å². The van der Waals surface area contributed by atoms with Crippen LogP contribution in [0.4, 0.5) is 11.5 Å². The molecule has 5 heterocycles. The zero-order chi connectivity index (χ0) is 23.8. The number of ether oxygens (including phenoxy) is 1. The zero-order valence-corrected chi connectivity index (χ0v) is 20.0. The van der Waals surface area contributed by atoms with Crippen LogP contribution in [0.25, 0.3) is 0 Å². The predicted octanol–water partition coefficient (Wildman–Crippen LogP) is 3.42. The fourth-order valence-electron chi connectivity index (χ4n) is 5.51. The van der Waals surface area contributed by atoms with E-state index in [0.29, 0.717) is 6.54 Å². The number of morpholine rings is 1. The van der Waals surface area contributed by atoms with E-state index in [1.807, 2.05) is 41.7 Å². The van der Waals surface area contributed by atoms with Gasteiger partial charge < -0.3 is 19.9 Å². The largest absolute Gasteiger partial charge is 0.378 e. The Morgan fingerprint density at radius 3 is 2.60 bits per heavy atom. The van der Waals surface area contributed by atoms with E-state index >= 15 is 0 Å². The summed E-state index contributed by atoms with van der Waals surface area (Å²) in [7, 11) is 0. The molecule has 2 atom stereocenters. The molecule has 6 rings (SSSR count). The van der Waals surface area contributed by atoms with Crippen LogP contribution in [0.5, 0.6) is 0 Å². The molecule has 8 nitrogen and oxygen atoms in total. The van der Waals surface area contributed by atoms with E-state index in [1.165, 1.54) is 5.56 Å². The lowest BCUT2D eigenvalue weighted by atomic mass is 9.79. The molecule has 2 aromatic heterocycles. The van der Waals surface area contributed by atoms with Crippen molar-refractivity contribution in [1.82, 2.24) is 19.9 Å². The Balaban J connectivity index is 1.25. The number of nitrogens with one attached hydrogen (secondary N) is 1. The van der Waals surface area contributed by atoms with E-state index in [4.69, 9.17) is 9.72 Å². The number of amides is 1. The van der Waals surface area contributed by atoms with Gasteiger partial charge in [0.15, 0.2) is 0 Å². The first-order chi connectivity index (χ1) is 17.1. The Kier molecular flexibility index (Phi) is 5.60. The fourth-order valence-corrected chi connectivity index (χ4v) is 5.51. The molecule has 0 bridgehead atoms. The first-order valence-electron chi connectivity index (χ1n) is 12.4. The first kappa shape index (κ1) is 22.0. The number of anilines is 2. The molecule has 2 saturated heterocycles. The molecule has 0 aliphatic carbocycles. The highest BCUT2D eigenvalue weighted by Gasteiger charge is 2.39. The number of hydrogen-bond acceptors (Lipinski definition) is 7. The van der Waals surface area contributed by atoms with Crippen molar-refractivity contribution < 1.29 is 9.53 Å². The van der Waals surface area contributed by atoms with Gasteiger partial charge in [-0.3, -0.25) is 4.79 Å². The van der Waals surface area contributed by atoms with Crippen LogP contribution >= 0.6 is 0 Å². The van der Waals surface area contributed by atoms with Crippen molar-refractivity contribution in [2.24, 2.45) is 0 Å². The molecule has 0 spiro atoms. The second kappa shape index (κ2) is 8.92. The molecule has 1 unspecified atom stereocenters. The van der Waals surface area contributed by atoms with Crippen LogP contribution in [0.1, 0.15) is 53.1 Å². The topological polar surface area (TPSA) is 83.5 Å². The lowest BCUT2D eigenvalue weighted by Gasteiger charge is -2.30. The van der Waals surface area contributed by atoms with Gasteiger partial charge in [-0.05, 0) is 31.4 Å². The van der Waals surface area contributed by atoms with Crippen LogP contribution in [0.15, 0.2) is 55.0 Å². The normalized spacial score (nSPS) is 23.7. The molecule has 1 N–H and O–H groups in total. The Bertz CT molecular complexity index is 1210. The van der Waals surface area contributed by atoms with Gasteiger partial charge in [-0.2, -0.15) is 0 Å².